The van der Waals surface area contributed by atoms with Crippen molar-refractivity contribution in [2.75, 3.05) is 12.4 Å². The van der Waals surface area contributed by atoms with Crippen LogP contribution in [0.25, 0.3) is 0 Å². The predicted molar refractivity (Wildman–Crippen MR) is 78.1 cm³/mol. The molecule has 1 unspecified atom stereocenters. The fourth-order valence-corrected chi connectivity index (χ4v) is 2.00. The van der Waals surface area contributed by atoms with Crippen molar-refractivity contribution in [3.8, 4) is 0 Å². The van der Waals surface area contributed by atoms with Crippen molar-refractivity contribution in [2.45, 2.75) is 59.2 Å². The fourth-order valence-electron chi connectivity index (χ4n) is 1.89. The van der Waals surface area contributed by atoms with Crippen molar-refractivity contribution < 1.29 is 0 Å². The number of aromatic nitrogens is 2. The molecule has 0 bridgehead atoms. The molecule has 0 aromatic carbocycles. The van der Waals surface area contributed by atoms with Crippen LogP contribution in [0.1, 0.15) is 52.3 Å². The molecule has 0 aliphatic heterocycles. The zero-order valence-corrected chi connectivity index (χ0v) is 12.8. The molecule has 0 spiro atoms. The van der Waals surface area contributed by atoms with Crippen LogP contribution in [0.4, 0.5) is 0 Å². The highest BCUT2D eigenvalue weighted by Gasteiger charge is 2.12. The van der Waals surface area contributed by atoms with Crippen molar-refractivity contribution in [2.24, 2.45) is 0 Å². The minimum Gasteiger partial charge on any atom is -0.295 e. The largest absolute Gasteiger partial charge is 0.295 e. The third kappa shape index (κ3) is 4.62. The molecule has 0 amide bonds. The van der Waals surface area contributed by atoms with Gasteiger partial charge in [-0.3, -0.25) is 9.58 Å². The molecule has 0 N–H and O–H groups in total. The minimum absolute atomic E-state index is 0.481. The molecule has 1 atom stereocenters. The SMILES string of the molecule is CCC(C)n1ccc(CN(CCCCl)C(C)C)n1. The molecule has 104 valence electrons. The summed E-state index contributed by atoms with van der Waals surface area (Å²) in [5.74, 6) is 0.727. The second kappa shape index (κ2) is 7.80. The number of rotatable bonds is 8. The summed E-state index contributed by atoms with van der Waals surface area (Å²) in [6.07, 6.45) is 4.23. The van der Waals surface area contributed by atoms with Gasteiger partial charge in [-0.15, -0.1) is 11.6 Å². The summed E-state index contributed by atoms with van der Waals surface area (Å²) in [5, 5.41) is 4.65. The first-order valence-electron chi connectivity index (χ1n) is 6.92. The molecule has 0 saturated carbocycles. The first kappa shape index (κ1) is 15.5. The second-order valence-electron chi connectivity index (χ2n) is 5.15. The Labute approximate surface area is 116 Å². The number of halogens is 1. The quantitative estimate of drug-likeness (QED) is 0.673. The van der Waals surface area contributed by atoms with Gasteiger partial charge in [-0.1, -0.05) is 6.92 Å². The molecule has 0 radical (unpaired) electrons. The lowest BCUT2D eigenvalue weighted by Gasteiger charge is -2.25. The van der Waals surface area contributed by atoms with Crippen LogP contribution in [0.2, 0.25) is 0 Å². The van der Waals surface area contributed by atoms with Crippen LogP contribution in [0.5, 0.6) is 0 Å². The standard InChI is InChI=1S/C14H26ClN3/c1-5-13(4)18-10-7-14(16-18)11-17(12(2)3)9-6-8-15/h7,10,12-13H,5-6,8-9,11H2,1-4H3. The summed E-state index contributed by atoms with van der Waals surface area (Å²) in [6.45, 7) is 10.8. The molecule has 1 heterocycles. The Hall–Kier alpha value is -0.540. The number of hydrogen-bond donors (Lipinski definition) is 0. The predicted octanol–water partition coefficient (Wildman–Crippen LogP) is 3.69. The van der Waals surface area contributed by atoms with Crippen LogP contribution in [0.3, 0.4) is 0 Å². The Bertz CT molecular complexity index is 336. The van der Waals surface area contributed by atoms with Gasteiger partial charge in [-0.05, 0) is 46.2 Å². The molecule has 0 fully saturated rings. The first-order valence-corrected chi connectivity index (χ1v) is 7.46. The number of nitrogens with zero attached hydrogens (tertiary/aromatic N) is 3. The van der Waals surface area contributed by atoms with E-state index >= 15 is 0 Å². The Morgan fingerprint density at radius 3 is 2.67 bits per heavy atom. The van der Waals surface area contributed by atoms with Gasteiger partial charge in [0.25, 0.3) is 0 Å². The van der Waals surface area contributed by atoms with Gasteiger partial charge in [0, 0.05) is 30.7 Å². The van der Waals surface area contributed by atoms with Crippen LogP contribution in [0, 0.1) is 0 Å². The first-order chi connectivity index (χ1) is 8.58. The third-order valence-electron chi connectivity index (χ3n) is 3.38. The van der Waals surface area contributed by atoms with Crippen molar-refractivity contribution in [1.29, 1.82) is 0 Å². The van der Waals surface area contributed by atoms with Gasteiger partial charge in [-0.2, -0.15) is 5.10 Å². The van der Waals surface area contributed by atoms with Crippen LogP contribution in [0.15, 0.2) is 12.3 Å². The van der Waals surface area contributed by atoms with Crippen LogP contribution < -0.4 is 0 Å². The highest BCUT2D eigenvalue weighted by Crippen LogP contribution is 2.12. The lowest BCUT2D eigenvalue weighted by Crippen LogP contribution is -2.31. The van der Waals surface area contributed by atoms with Crippen molar-refractivity contribution in [3.05, 3.63) is 18.0 Å². The lowest BCUT2D eigenvalue weighted by molar-refractivity contribution is 0.210. The summed E-state index contributed by atoms with van der Waals surface area (Å²) >= 11 is 5.77. The molecule has 1 aromatic rings. The normalized spacial score (nSPS) is 13.5. The average molecular weight is 272 g/mol. The zero-order chi connectivity index (χ0) is 13.5. The number of hydrogen-bond acceptors (Lipinski definition) is 2. The van der Waals surface area contributed by atoms with Gasteiger partial charge in [0.2, 0.25) is 0 Å². The third-order valence-corrected chi connectivity index (χ3v) is 3.65. The monoisotopic (exact) mass is 271 g/mol. The van der Waals surface area contributed by atoms with Crippen LogP contribution in [-0.2, 0) is 6.54 Å². The van der Waals surface area contributed by atoms with E-state index in [0.717, 1.165) is 37.5 Å². The molecule has 0 aliphatic rings. The van der Waals surface area contributed by atoms with E-state index in [9.17, 15) is 0 Å². The molecule has 1 rings (SSSR count). The lowest BCUT2D eigenvalue weighted by atomic mass is 10.2. The van der Waals surface area contributed by atoms with E-state index in [1.54, 1.807) is 0 Å². The Kier molecular flexibility index (Phi) is 6.72. The molecular formula is C14H26ClN3. The highest BCUT2D eigenvalue weighted by atomic mass is 35.5. The Morgan fingerprint density at radius 2 is 2.11 bits per heavy atom. The zero-order valence-electron chi connectivity index (χ0n) is 12.1. The molecule has 4 heteroatoms. The molecule has 1 aromatic heterocycles. The Balaban J connectivity index is 2.60. The second-order valence-corrected chi connectivity index (χ2v) is 5.53. The van der Waals surface area contributed by atoms with Gasteiger partial charge in [0.05, 0.1) is 5.69 Å². The topological polar surface area (TPSA) is 21.1 Å². The van der Waals surface area contributed by atoms with E-state index in [-0.39, 0.29) is 0 Å². The molecule has 0 aliphatic carbocycles. The summed E-state index contributed by atoms with van der Waals surface area (Å²) < 4.78 is 2.06. The summed E-state index contributed by atoms with van der Waals surface area (Å²) in [6, 6.07) is 3.14. The summed E-state index contributed by atoms with van der Waals surface area (Å²) in [5.41, 5.74) is 1.15. The van der Waals surface area contributed by atoms with Gasteiger partial charge in [0.1, 0.15) is 0 Å². The maximum atomic E-state index is 5.77. The van der Waals surface area contributed by atoms with Gasteiger partial charge in [0.15, 0.2) is 0 Å². The van der Waals surface area contributed by atoms with E-state index in [1.807, 2.05) is 0 Å². The van der Waals surface area contributed by atoms with E-state index in [1.165, 1.54) is 0 Å². The molecular weight excluding hydrogens is 246 g/mol. The van der Waals surface area contributed by atoms with Crippen molar-refractivity contribution in [1.82, 2.24) is 14.7 Å². The van der Waals surface area contributed by atoms with Gasteiger partial charge < -0.3 is 0 Å². The van der Waals surface area contributed by atoms with Crippen molar-refractivity contribution >= 4 is 11.6 Å². The molecule has 3 nitrogen and oxygen atoms in total. The molecule has 0 saturated heterocycles. The molecule has 18 heavy (non-hydrogen) atoms. The maximum absolute atomic E-state index is 5.77. The maximum Gasteiger partial charge on any atom is 0.0764 e. The van der Waals surface area contributed by atoms with Gasteiger partial charge >= 0.3 is 0 Å². The van der Waals surface area contributed by atoms with Crippen molar-refractivity contribution in [3.63, 3.8) is 0 Å². The van der Waals surface area contributed by atoms with E-state index in [0.29, 0.717) is 12.1 Å². The average Bonchev–Trinajstić information content (AvgIpc) is 2.81. The van der Waals surface area contributed by atoms with E-state index in [2.05, 4.69) is 54.6 Å². The van der Waals surface area contributed by atoms with E-state index in [4.69, 9.17) is 11.6 Å². The van der Waals surface area contributed by atoms with E-state index < -0.39 is 0 Å². The van der Waals surface area contributed by atoms with Crippen LogP contribution >= 0.6 is 11.6 Å². The Morgan fingerprint density at radius 1 is 1.39 bits per heavy atom. The van der Waals surface area contributed by atoms with Gasteiger partial charge in [-0.25, -0.2) is 0 Å². The minimum atomic E-state index is 0.481. The highest BCUT2D eigenvalue weighted by molar-refractivity contribution is 6.17. The summed E-state index contributed by atoms with van der Waals surface area (Å²) in [7, 11) is 0. The fraction of sp³-hybridized carbons (Fsp3) is 0.786. The number of alkyl halides is 1. The summed E-state index contributed by atoms with van der Waals surface area (Å²) in [4.78, 5) is 2.42. The smallest absolute Gasteiger partial charge is 0.0764 e. The van der Waals surface area contributed by atoms with Crippen LogP contribution in [-0.4, -0.2) is 33.1 Å².